The molecule has 0 heterocycles. The van der Waals surface area contributed by atoms with E-state index in [9.17, 15) is 28.8 Å². The van der Waals surface area contributed by atoms with Gasteiger partial charge in [-0.25, -0.2) is 0 Å². The van der Waals surface area contributed by atoms with E-state index in [4.69, 9.17) is 18.9 Å². The highest BCUT2D eigenvalue weighted by atomic mass is 16.6. The fraction of sp³-hybridized carbons (Fsp3) is 0.182. The minimum absolute atomic E-state index is 0.192. The molecule has 2 aromatic carbocycles. The summed E-state index contributed by atoms with van der Waals surface area (Å²) >= 11 is 0. The predicted octanol–water partition coefficient (Wildman–Crippen LogP) is 2.16. The second-order valence-electron chi connectivity index (χ2n) is 6.66. The van der Waals surface area contributed by atoms with Gasteiger partial charge < -0.3 is 18.9 Å². The van der Waals surface area contributed by atoms with E-state index >= 15 is 0 Å². The van der Waals surface area contributed by atoms with Crippen molar-refractivity contribution in [3.05, 3.63) is 46.5 Å². The molecule has 0 saturated carbocycles. The van der Waals surface area contributed by atoms with Gasteiger partial charge in [0.1, 0.15) is 11.5 Å². The standard InChI is InChI=1S/C22H16O10/c1-9(23)29-14-7-8-15(30-10(2)24)19-18(14)20(27)13-5-6-16(31-11(3)25)22(32-12(4)26)17(13)21(19)28/h5-8H,1-4H3. The number of ether oxygens (including phenoxy) is 4. The highest BCUT2D eigenvalue weighted by Gasteiger charge is 2.39. The normalized spacial score (nSPS) is 11.8. The molecule has 3 rings (SSSR count). The van der Waals surface area contributed by atoms with Crippen LogP contribution in [-0.2, 0) is 19.2 Å². The van der Waals surface area contributed by atoms with Gasteiger partial charge >= 0.3 is 23.9 Å². The first-order valence-corrected chi connectivity index (χ1v) is 9.18. The number of carbonyl (C=O) groups is 6. The number of benzene rings is 2. The first kappa shape index (κ1) is 22.3. The van der Waals surface area contributed by atoms with Crippen molar-refractivity contribution in [2.24, 2.45) is 0 Å². The zero-order valence-electron chi connectivity index (χ0n) is 17.4. The van der Waals surface area contributed by atoms with Crippen LogP contribution in [0.15, 0.2) is 24.3 Å². The summed E-state index contributed by atoms with van der Waals surface area (Å²) in [5.41, 5.74) is -1.23. The molecule has 0 radical (unpaired) electrons. The van der Waals surface area contributed by atoms with Gasteiger partial charge in [0.25, 0.3) is 0 Å². The molecule has 1 aliphatic carbocycles. The van der Waals surface area contributed by atoms with Crippen molar-refractivity contribution >= 4 is 35.4 Å². The number of hydrogen-bond acceptors (Lipinski definition) is 10. The van der Waals surface area contributed by atoms with E-state index in [1.807, 2.05) is 0 Å². The Balaban J connectivity index is 2.35. The Morgan fingerprint density at radius 2 is 0.938 bits per heavy atom. The molecule has 0 N–H and O–H groups in total. The molecule has 1 aliphatic rings. The lowest BCUT2D eigenvalue weighted by Gasteiger charge is -2.24. The summed E-state index contributed by atoms with van der Waals surface area (Å²) in [6.45, 7) is 4.37. The highest BCUT2D eigenvalue weighted by Crippen LogP contribution is 2.44. The van der Waals surface area contributed by atoms with Crippen molar-refractivity contribution in [3.8, 4) is 23.0 Å². The van der Waals surface area contributed by atoms with Crippen molar-refractivity contribution in [1.29, 1.82) is 0 Å². The maximum absolute atomic E-state index is 13.5. The van der Waals surface area contributed by atoms with Gasteiger partial charge in [-0.15, -0.1) is 0 Å². The fourth-order valence-electron chi connectivity index (χ4n) is 3.21. The smallest absolute Gasteiger partial charge is 0.308 e. The van der Waals surface area contributed by atoms with Crippen molar-refractivity contribution in [2.45, 2.75) is 27.7 Å². The minimum Gasteiger partial charge on any atom is -0.426 e. The maximum atomic E-state index is 13.5. The Morgan fingerprint density at radius 3 is 1.41 bits per heavy atom. The Kier molecular flexibility index (Phi) is 5.88. The molecule has 164 valence electrons. The number of hydrogen-bond donors (Lipinski definition) is 0. The van der Waals surface area contributed by atoms with E-state index in [1.54, 1.807) is 0 Å². The number of esters is 4. The van der Waals surface area contributed by atoms with E-state index in [0.717, 1.165) is 27.7 Å². The lowest BCUT2D eigenvalue weighted by atomic mass is 9.82. The number of ketones is 2. The predicted molar refractivity (Wildman–Crippen MR) is 105 cm³/mol. The largest absolute Gasteiger partial charge is 0.426 e. The molecule has 10 nitrogen and oxygen atoms in total. The van der Waals surface area contributed by atoms with Crippen LogP contribution in [0.3, 0.4) is 0 Å². The maximum Gasteiger partial charge on any atom is 0.308 e. The van der Waals surface area contributed by atoms with Gasteiger partial charge in [-0.1, -0.05) is 0 Å². The van der Waals surface area contributed by atoms with Crippen LogP contribution < -0.4 is 18.9 Å². The van der Waals surface area contributed by atoms with Crippen molar-refractivity contribution in [1.82, 2.24) is 0 Å². The number of fused-ring (bicyclic) bond motifs is 2. The lowest BCUT2D eigenvalue weighted by molar-refractivity contribution is -0.134. The molecule has 0 amide bonds. The topological polar surface area (TPSA) is 139 Å². The average Bonchev–Trinajstić information content (AvgIpc) is 2.66. The second kappa shape index (κ2) is 8.42. The minimum atomic E-state index is -0.870. The van der Waals surface area contributed by atoms with Crippen LogP contribution in [0, 0.1) is 0 Å². The molecule has 0 spiro atoms. The summed E-state index contributed by atoms with van der Waals surface area (Å²) in [6.07, 6.45) is 0. The molecule has 0 atom stereocenters. The Labute approximate surface area is 181 Å². The molecule has 0 unspecified atom stereocenters. The summed E-state index contributed by atoms with van der Waals surface area (Å²) in [4.78, 5) is 73.1. The Bertz CT molecular complexity index is 1220. The summed E-state index contributed by atoms with van der Waals surface area (Å²) in [5, 5.41) is 0. The van der Waals surface area contributed by atoms with Crippen LogP contribution in [0.2, 0.25) is 0 Å². The first-order valence-electron chi connectivity index (χ1n) is 9.18. The summed E-state index contributed by atoms with van der Waals surface area (Å²) in [7, 11) is 0. The zero-order chi connectivity index (χ0) is 23.7. The van der Waals surface area contributed by atoms with Gasteiger partial charge in [0, 0.05) is 33.3 Å². The number of rotatable bonds is 4. The molecule has 32 heavy (non-hydrogen) atoms. The van der Waals surface area contributed by atoms with Crippen LogP contribution in [0.1, 0.15) is 59.5 Å². The van der Waals surface area contributed by atoms with E-state index in [1.165, 1.54) is 24.3 Å². The summed E-state index contributed by atoms with van der Waals surface area (Å²) in [6, 6.07) is 4.81. The molecule has 0 bridgehead atoms. The third-order valence-electron chi connectivity index (χ3n) is 4.18. The monoisotopic (exact) mass is 440 g/mol. The molecule has 0 aromatic heterocycles. The quantitative estimate of drug-likeness (QED) is 0.438. The molecule has 0 fully saturated rings. The SMILES string of the molecule is CC(=O)Oc1ccc2c(c1OC(C)=O)C(=O)c1c(OC(C)=O)ccc(OC(C)=O)c1C2=O. The molecule has 0 aliphatic heterocycles. The van der Waals surface area contributed by atoms with Crippen molar-refractivity contribution in [2.75, 3.05) is 0 Å². The number of carbonyl (C=O) groups excluding carboxylic acids is 6. The van der Waals surface area contributed by atoms with Crippen molar-refractivity contribution < 1.29 is 47.7 Å². The van der Waals surface area contributed by atoms with Crippen molar-refractivity contribution in [3.63, 3.8) is 0 Å². The molecule has 10 heteroatoms. The van der Waals surface area contributed by atoms with Crippen LogP contribution in [0.4, 0.5) is 0 Å². The molecule has 2 aromatic rings. The average molecular weight is 440 g/mol. The summed E-state index contributed by atoms with van der Waals surface area (Å²) < 4.78 is 20.3. The highest BCUT2D eigenvalue weighted by molar-refractivity contribution is 6.31. The molecule has 0 saturated heterocycles. The Hall–Kier alpha value is -4.34. The van der Waals surface area contributed by atoms with Gasteiger partial charge in [0.2, 0.25) is 5.78 Å². The third-order valence-corrected chi connectivity index (χ3v) is 4.18. The van der Waals surface area contributed by atoms with Gasteiger partial charge in [0.05, 0.1) is 16.7 Å². The van der Waals surface area contributed by atoms with Crippen LogP contribution in [0.5, 0.6) is 23.0 Å². The second-order valence-corrected chi connectivity index (χ2v) is 6.66. The van der Waals surface area contributed by atoms with E-state index in [2.05, 4.69) is 0 Å². The molecular weight excluding hydrogens is 424 g/mol. The Morgan fingerprint density at radius 1 is 0.531 bits per heavy atom. The van der Waals surface area contributed by atoms with Crippen LogP contribution in [-0.4, -0.2) is 35.4 Å². The van der Waals surface area contributed by atoms with Gasteiger partial charge in [0.15, 0.2) is 17.3 Å². The van der Waals surface area contributed by atoms with E-state index in [0.29, 0.717) is 0 Å². The first-order chi connectivity index (χ1) is 15.0. The summed E-state index contributed by atoms with van der Waals surface area (Å²) in [5.74, 6) is -5.94. The fourth-order valence-corrected chi connectivity index (χ4v) is 3.21. The van der Waals surface area contributed by atoms with E-state index < -0.39 is 41.2 Å². The van der Waals surface area contributed by atoms with Crippen LogP contribution in [0.25, 0.3) is 0 Å². The third kappa shape index (κ3) is 4.10. The lowest BCUT2D eigenvalue weighted by Crippen LogP contribution is -2.25. The van der Waals surface area contributed by atoms with Gasteiger partial charge in [-0.2, -0.15) is 0 Å². The van der Waals surface area contributed by atoms with Gasteiger partial charge in [-0.3, -0.25) is 28.8 Å². The van der Waals surface area contributed by atoms with Crippen LogP contribution >= 0.6 is 0 Å². The zero-order valence-corrected chi connectivity index (χ0v) is 17.4. The van der Waals surface area contributed by atoms with Gasteiger partial charge in [-0.05, 0) is 24.3 Å². The van der Waals surface area contributed by atoms with E-state index in [-0.39, 0.29) is 39.5 Å². The molecular formula is C22H16O10.